The van der Waals surface area contributed by atoms with Gasteiger partial charge in [-0.3, -0.25) is 0 Å². The van der Waals surface area contributed by atoms with Crippen molar-refractivity contribution < 1.29 is 0 Å². The summed E-state index contributed by atoms with van der Waals surface area (Å²) in [6, 6.07) is 1.79. The quantitative estimate of drug-likeness (QED) is 0.477. The number of hydrogen-bond donors (Lipinski definition) is 2. The van der Waals surface area contributed by atoms with Crippen molar-refractivity contribution in [2.45, 2.75) is 0 Å². The molecule has 0 aliphatic carbocycles. The molecular weight excluding hydrogens is 130 g/mol. The molecule has 5 heteroatoms. The molecule has 0 saturated carbocycles. The molecule has 5 nitrogen and oxygen atoms in total. The first-order chi connectivity index (χ1) is 4.79. The van der Waals surface area contributed by atoms with Crippen molar-refractivity contribution in [3.63, 3.8) is 0 Å². The van der Waals surface area contributed by atoms with Gasteiger partial charge in [0.1, 0.15) is 5.82 Å². The fourth-order valence-corrected chi connectivity index (χ4v) is 0.949. The maximum absolute atomic E-state index is 5.52. The summed E-state index contributed by atoms with van der Waals surface area (Å²) in [6.07, 6.45) is 3.26. The summed E-state index contributed by atoms with van der Waals surface area (Å²) in [4.78, 5) is 5.36. The highest BCUT2D eigenvalue weighted by Crippen LogP contribution is 2.05. The Morgan fingerprint density at radius 1 is 1.50 bits per heavy atom. The van der Waals surface area contributed by atoms with E-state index in [0.29, 0.717) is 5.82 Å². The van der Waals surface area contributed by atoms with Crippen LogP contribution in [0, 0.1) is 0 Å². The van der Waals surface area contributed by atoms with E-state index in [1.165, 1.54) is 4.79 Å². The SMILES string of the molecule is Nc1cnc2ccn(N)n12. The molecule has 2 aromatic heterocycles. The lowest BCUT2D eigenvalue weighted by molar-refractivity contribution is 0.770. The summed E-state index contributed by atoms with van der Waals surface area (Å²) in [5.74, 6) is 6.03. The third-order valence-electron chi connectivity index (χ3n) is 1.40. The van der Waals surface area contributed by atoms with Crippen molar-refractivity contribution in [1.82, 2.24) is 14.3 Å². The second-order valence-electron chi connectivity index (χ2n) is 2.05. The maximum Gasteiger partial charge on any atom is 0.157 e. The summed E-state index contributed by atoms with van der Waals surface area (Å²) in [7, 11) is 0. The van der Waals surface area contributed by atoms with Crippen LogP contribution in [-0.2, 0) is 0 Å². The van der Waals surface area contributed by atoms with Gasteiger partial charge in [-0.05, 0) is 0 Å². The van der Waals surface area contributed by atoms with Crippen molar-refractivity contribution in [1.29, 1.82) is 0 Å². The van der Waals surface area contributed by atoms with Crippen molar-refractivity contribution in [3.05, 3.63) is 18.5 Å². The van der Waals surface area contributed by atoms with Gasteiger partial charge in [-0.15, -0.1) is 0 Å². The Morgan fingerprint density at radius 3 is 3.00 bits per heavy atom. The molecule has 0 fully saturated rings. The zero-order chi connectivity index (χ0) is 7.14. The highest BCUT2D eigenvalue weighted by molar-refractivity contribution is 5.46. The molecule has 0 atom stereocenters. The van der Waals surface area contributed by atoms with Crippen molar-refractivity contribution in [3.8, 4) is 0 Å². The Hall–Kier alpha value is -1.65. The standard InChI is InChI=1S/C5H7N5/c6-4-3-8-5-1-2-9(7)10(4)5/h1-3H,6-7H2. The number of nitrogens with zero attached hydrogens (tertiary/aromatic N) is 3. The summed E-state index contributed by atoms with van der Waals surface area (Å²) < 4.78 is 1.61. The van der Waals surface area contributed by atoms with Crippen LogP contribution < -0.4 is 11.6 Å². The number of anilines is 1. The normalized spacial score (nSPS) is 10.8. The van der Waals surface area contributed by atoms with Crippen LogP contribution in [-0.4, -0.2) is 14.3 Å². The van der Waals surface area contributed by atoms with Crippen LogP contribution in [0.25, 0.3) is 5.65 Å². The molecular formula is C5H7N5. The minimum absolute atomic E-state index is 0.544. The van der Waals surface area contributed by atoms with Gasteiger partial charge in [0.2, 0.25) is 0 Å². The minimum Gasteiger partial charge on any atom is -0.382 e. The second-order valence-corrected chi connectivity index (χ2v) is 2.05. The lowest BCUT2D eigenvalue weighted by Gasteiger charge is -1.95. The summed E-state index contributed by atoms with van der Waals surface area (Å²) >= 11 is 0. The van der Waals surface area contributed by atoms with Gasteiger partial charge in [0.05, 0.1) is 6.20 Å². The Labute approximate surface area is 56.8 Å². The molecule has 0 spiro atoms. The van der Waals surface area contributed by atoms with E-state index < -0.39 is 0 Å². The monoisotopic (exact) mass is 137 g/mol. The molecule has 0 saturated heterocycles. The number of rotatable bonds is 0. The number of hydrogen-bond acceptors (Lipinski definition) is 3. The van der Waals surface area contributed by atoms with Gasteiger partial charge in [0.25, 0.3) is 0 Å². The van der Waals surface area contributed by atoms with Crippen LogP contribution in [0.15, 0.2) is 18.5 Å². The molecule has 0 bridgehead atoms. The van der Waals surface area contributed by atoms with Crippen molar-refractivity contribution in [2.75, 3.05) is 11.6 Å². The Balaban J connectivity index is 2.98. The topological polar surface area (TPSA) is 74.3 Å². The first-order valence-electron chi connectivity index (χ1n) is 2.84. The van der Waals surface area contributed by atoms with Gasteiger partial charge >= 0.3 is 0 Å². The molecule has 0 amide bonds. The van der Waals surface area contributed by atoms with Crippen molar-refractivity contribution >= 4 is 11.5 Å². The zero-order valence-electron chi connectivity index (χ0n) is 5.23. The molecule has 0 aromatic carbocycles. The molecule has 0 radical (unpaired) electrons. The molecule has 0 aliphatic rings. The summed E-state index contributed by atoms with van der Waals surface area (Å²) in [5, 5.41) is 0. The number of fused-ring (bicyclic) bond motifs is 1. The van der Waals surface area contributed by atoms with Gasteiger partial charge in [-0.1, -0.05) is 0 Å². The summed E-state index contributed by atoms with van der Waals surface area (Å²) in [5.41, 5.74) is 6.28. The predicted molar refractivity (Wildman–Crippen MR) is 37.7 cm³/mol. The van der Waals surface area contributed by atoms with Crippen LogP contribution in [0.4, 0.5) is 5.82 Å². The van der Waals surface area contributed by atoms with E-state index in [4.69, 9.17) is 11.6 Å². The smallest absolute Gasteiger partial charge is 0.157 e. The third-order valence-corrected chi connectivity index (χ3v) is 1.40. The lowest BCUT2D eigenvalue weighted by atomic mass is 10.7. The fraction of sp³-hybridized carbons (Fsp3) is 0. The molecule has 2 rings (SSSR count). The molecule has 2 heterocycles. The highest BCUT2D eigenvalue weighted by atomic mass is 15.5. The van der Waals surface area contributed by atoms with Crippen LogP contribution in [0.1, 0.15) is 0 Å². The average Bonchev–Trinajstić information content (AvgIpc) is 2.40. The van der Waals surface area contributed by atoms with Gasteiger partial charge in [-0.2, -0.15) is 0 Å². The largest absolute Gasteiger partial charge is 0.382 e. The number of nitrogen functional groups attached to an aromatic ring is 2. The van der Waals surface area contributed by atoms with Gasteiger partial charge in [0.15, 0.2) is 5.65 Å². The number of imidazole rings is 1. The van der Waals surface area contributed by atoms with Gasteiger partial charge < -0.3 is 11.6 Å². The average molecular weight is 137 g/mol. The van der Waals surface area contributed by atoms with E-state index in [1.807, 2.05) is 0 Å². The first kappa shape index (κ1) is 5.16. The predicted octanol–water partition coefficient (Wildman–Crippen LogP) is -0.568. The first-order valence-corrected chi connectivity index (χ1v) is 2.84. The maximum atomic E-state index is 5.52. The molecule has 10 heavy (non-hydrogen) atoms. The van der Waals surface area contributed by atoms with Gasteiger partial charge in [0, 0.05) is 12.3 Å². The molecule has 2 aromatic rings. The van der Waals surface area contributed by atoms with E-state index in [1.54, 1.807) is 23.0 Å². The van der Waals surface area contributed by atoms with E-state index in [2.05, 4.69) is 4.98 Å². The number of aromatic nitrogens is 3. The van der Waals surface area contributed by atoms with E-state index in [-0.39, 0.29) is 0 Å². The zero-order valence-corrected chi connectivity index (χ0v) is 5.23. The molecule has 0 unspecified atom stereocenters. The highest BCUT2D eigenvalue weighted by Gasteiger charge is 2.00. The van der Waals surface area contributed by atoms with Crippen LogP contribution in [0.2, 0.25) is 0 Å². The molecule has 0 aliphatic heterocycles. The van der Waals surface area contributed by atoms with Crippen LogP contribution in [0.5, 0.6) is 0 Å². The second kappa shape index (κ2) is 1.44. The number of nitrogens with two attached hydrogens (primary N) is 2. The fourth-order valence-electron chi connectivity index (χ4n) is 0.949. The minimum atomic E-state index is 0.544. The Bertz CT molecular complexity index is 325. The Morgan fingerprint density at radius 2 is 2.30 bits per heavy atom. The van der Waals surface area contributed by atoms with Gasteiger partial charge in [-0.25, -0.2) is 14.3 Å². The van der Waals surface area contributed by atoms with Crippen LogP contribution in [0.3, 0.4) is 0 Å². The lowest BCUT2D eigenvalue weighted by Crippen LogP contribution is -2.14. The Kier molecular flexibility index (Phi) is 0.743. The van der Waals surface area contributed by atoms with E-state index in [0.717, 1.165) is 5.65 Å². The summed E-state index contributed by atoms with van der Waals surface area (Å²) in [6.45, 7) is 0. The van der Waals surface area contributed by atoms with E-state index >= 15 is 0 Å². The van der Waals surface area contributed by atoms with Crippen LogP contribution >= 0.6 is 0 Å². The molecule has 52 valence electrons. The third kappa shape index (κ3) is 0.439. The van der Waals surface area contributed by atoms with Crippen molar-refractivity contribution in [2.24, 2.45) is 0 Å². The molecule has 4 N–H and O–H groups in total. The van der Waals surface area contributed by atoms with E-state index in [9.17, 15) is 0 Å².